The van der Waals surface area contributed by atoms with Crippen LogP contribution in [-0.4, -0.2) is 15.3 Å². The first-order chi connectivity index (χ1) is 12.2. The van der Waals surface area contributed by atoms with Gasteiger partial charge in [0.15, 0.2) is 4.96 Å². The van der Waals surface area contributed by atoms with Gasteiger partial charge in [-0.15, -0.1) is 11.3 Å². The van der Waals surface area contributed by atoms with Crippen LogP contribution in [0.25, 0.3) is 16.2 Å². The van der Waals surface area contributed by atoms with Gasteiger partial charge in [0.25, 0.3) is 0 Å². The lowest BCUT2D eigenvalue weighted by atomic mass is 10.1. The number of aromatic nitrogens is 2. The number of hydrogen-bond donors (Lipinski definition) is 1. The number of thiazole rings is 1. The number of rotatable bonds is 4. The summed E-state index contributed by atoms with van der Waals surface area (Å²) in [6.07, 6.45) is 4.33. The van der Waals surface area contributed by atoms with Crippen LogP contribution in [0.4, 0.5) is 5.69 Å². The number of nitrogens with one attached hydrogen (secondary N) is 1. The Morgan fingerprint density at radius 1 is 1.16 bits per heavy atom. The molecule has 0 saturated heterocycles. The second-order valence-electron chi connectivity index (χ2n) is 5.92. The molecule has 0 radical (unpaired) electrons. The van der Waals surface area contributed by atoms with Gasteiger partial charge in [-0.25, -0.2) is 4.98 Å². The predicted molar refractivity (Wildman–Crippen MR) is 102 cm³/mol. The standard InChI is InChI=1S/C20H17N3OS/c1-14-6-2-3-7-15(14)12-19(24)21-17-9-5-4-8-16(17)18-13-23-10-11-25-20(23)22-18/h2-11,13H,12H2,1H3,(H,21,24). The molecule has 0 fully saturated rings. The van der Waals surface area contributed by atoms with Gasteiger partial charge in [-0.3, -0.25) is 9.20 Å². The number of carbonyl (C=O) groups is 1. The van der Waals surface area contributed by atoms with E-state index >= 15 is 0 Å². The zero-order chi connectivity index (χ0) is 17.2. The fourth-order valence-electron chi connectivity index (χ4n) is 2.85. The first-order valence-electron chi connectivity index (χ1n) is 8.06. The lowest BCUT2D eigenvalue weighted by Crippen LogP contribution is -2.15. The number of aryl methyl sites for hydroxylation is 1. The van der Waals surface area contributed by atoms with Gasteiger partial charge in [0.2, 0.25) is 5.91 Å². The van der Waals surface area contributed by atoms with E-state index in [0.29, 0.717) is 6.42 Å². The van der Waals surface area contributed by atoms with Crippen molar-refractivity contribution >= 4 is 27.9 Å². The summed E-state index contributed by atoms with van der Waals surface area (Å²) in [6.45, 7) is 2.02. The van der Waals surface area contributed by atoms with Crippen molar-refractivity contribution in [1.82, 2.24) is 9.38 Å². The van der Waals surface area contributed by atoms with Crippen molar-refractivity contribution in [3.05, 3.63) is 77.4 Å². The second-order valence-corrected chi connectivity index (χ2v) is 6.79. The number of carbonyl (C=O) groups excluding carboxylic acids is 1. The molecular weight excluding hydrogens is 330 g/mol. The topological polar surface area (TPSA) is 46.4 Å². The molecule has 4 rings (SSSR count). The van der Waals surface area contributed by atoms with Crippen LogP contribution >= 0.6 is 11.3 Å². The molecule has 4 nitrogen and oxygen atoms in total. The molecule has 25 heavy (non-hydrogen) atoms. The number of hydrogen-bond acceptors (Lipinski definition) is 3. The quantitative estimate of drug-likeness (QED) is 0.588. The molecule has 1 amide bonds. The van der Waals surface area contributed by atoms with Gasteiger partial charge >= 0.3 is 0 Å². The smallest absolute Gasteiger partial charge is 0.228 e. The van der Waals surface area contributed by atoms with E-state index in [2.05, 4.69) is 10.3 Å². The summed E-state index contributed by atoms with van der Waals surface area (Å²) in [4.78, 5) is 18.1. The average molecular weight is 347 g/mol. The molecule has 1 N–H and O–H groups in total. The number of nitrogens with zero attached hydrogens (tertiary/aromatic N) is 2. The van der Waals surface area contributed by atoms with Crippen LogP contribution in [0, 0.1) is 6.92 Å². The summed E-state index contributed by atoms with van der Waals surface area (Å²) in [5.41, 5.74) is 4.74. The highest BCUT2D eigenvalue weighted by molar-refractivity contribution is 7.15. The van der Waals surface area contributed by atoms with Crippen molar-refractivity contribution < 1.29 is 4.79 Å². The molecular formula is C20H17N3OS. The van der Waals surface area contributed by atoms with E-state index in [9.17, 15) is 4.79 Å². The van der Waals surface area contributed by atoms with E-state index in [1.807, 2.05) is 77.6 Å². The maximum atomic E-state index is 12.5. The Balaban J connectivity index is 1.60. The largest absolute Gasteiger partial charge is 0.325 e. The van der Waals surface area contributed by atoms with Crippen LogP contribution in [0.15, 0.2) is 66.3 Å². The SMILES string of the molecule is Cc1ccccc1CC(=O)Nc1ccccc1-c1cn2ccsc2n1. The molecule has 0 spiro atoms. The van der Waals surface area contributed by atoms with Crippen molar-refractivity contribution in [2.24, 2.45) is 0 Å². The molecule has 124 valence electrons. The third kappa shape index (κ3) is 3.19. The van der Waals surface area contributed by atoms with Crippen LogP contribution in [0.1, 0.15) is 11.1 Å². The highest BCUT2D eigenvalue weighted by Crippen LogP contribution is 2.28. The third-order valence-corrected chi connectivity index (χ3v) is 4.95. The Kier molecular flexibility index (Phi) is 4.07. The van der Waals surface area contributed by atoms with E-state index in [1.54, 1.807) is 11.3 Å². The Morgan fingerprint density at radius 2 is 1.96 bits per heavy atom. The van der Waals surface area contributed by atoms with Crippen molar-refractivity contribution in [2.45, 2.75) is 13.3 Å². The fraction of sp³-hybridized carbons (Fsp3) is 0.100. The zero-order valence-corrected chi connectivity index (χ0v) is 14.6. The molecule has 2 heterocycles. The van der Waals surface area contributed by atoms with Crippen LogP contribution in [0.3, 0.4) is 0 Å². The predicted octanol–water partition coefficient (Wildman–Crippen LogP) is 4.55. The average Bonchev–Trinajstić information content (AvgIpc) is 3.19. The molecule has 2 aromatic carbocycles. The number of amides is 1. The number of imidazole rings is 1. The minimum Gasteiger partial charge on any atom is -0.325 e. The fourth-order valence-corrected chi connectivity index (χ4v) is 3.55. The zero-order valence-electron chi connectivity index (χ0n) is 13.8. The lowest BCUT2D eigenvalue weighted by Gasteiger charge is -2.10. The van der Waals surface area contributed by atoms with E-state index in [4.69, 9.17) is 0 Å². The molecule has 0 bridgehead atoms. The Bertz CT molecular complexity index is 1020. The van der Waals surface area contributed by atoms with Gasteiger partial charge in [0.1, 0.15) is 0 Å². The highest BCUT2D eigenvalue weighted by Gasteiger charge is 2.12. The Morgan fingerprint density at radius 3 is 2.80 bits per heavy atom. The Labute approximate surface area is 149 Å². The summed E-state index contributed by atoms with van der Waals surface area (Å²) in [5, 5.41) is 5.04. The summed E-state index contributed by atoms with van der Waals surface area (Å²) in [7, 11) is 0. The maximum absolute atomic E-state index is 12.5. The van der Waals surface area contributed by atoms with E-state index in [0.717, 1.165) is 33.0 Å². The Hall–Kier alpha value is -2.92. The number of para-hydroxylation sites is 1. The molecule has 0 aliphatic carbocycles. The molecule has 0 atom stereocenters. The first-order valence-corrected chi connectivity index (χ1v) is 8.94. The van der Waals surface area contributed by atoms with Crippen LogP contribution in [0.2, 0.25) is 0 Å². The van der Waals surface area contributed by atoms with E-state index < -0.39 is 0 Å². The molecule has 0 saturated carbocycles. The summed E-state index contributed by atoms with van der Waals surface area (Å²) in [6, 6.07) is 15.7. The molecule has 2 aromatic heterocycles. The molecule has 0 unspecified atom stereocenters. The summed E-state index contributed by atoms with van der Waals surface area (Å²) in [5.74, 6) is -0.0252. The van der Waals surface area contributed by atoms with Gasteiger partial charge in [0, 0.05) is 23.3 Å². The van der Waals surface area contributed by atoms with Gasteiger partial charge in [0.05, 0.1) is 17.8 Å². The first kappa shape index (κ1) is 15.6. The van der Waals surface area contributed by atoms with Crippen LogP contribution < -0.4 is 5.32 Å². The molecule has 4 aromatic rings. The van der Waals surface area contributed by atoms with E-state index in [-0.39, 0.29) is 5.91 Å². The summed E-state index contributed by atoms with van der Waals surface area (Å²) < 4.78 is 1.99. The van der Waals surface area contributed by atoms with Crippen molar-refractivity contribution in [3.63, 3.8) is 0 Å². The molecule has 5 heteroatoms. The van der Waals surface area contributed by atoms with Crippen molar-refractivity contribution in [3.8, 4) is 11.3 Å². The van der Waals surface area contributed by atoms with Gasteiger partial charge in [-0.2, -0.15) is 0 Å². The number of anilines is 1. The van der Waals surface area contributed by atoms with Crippen LogP contribution in [0.5, 0.6) is 0 Å². The van der Waals surface area contributed by atoms with Gasteiger partial charge < -0.3 is 5.32 Å². The van der Waals surface area contributed by atoms with Gasteiger partial charge in [-0.05, 0) is 24.1 Å². The number of fused-ring (bicyclic) bond motifs is 1. The molecule has 0 aliphatic rings. The van der Waals surface area contributed by atoms with Crippen LogP contribution in [-0.2, 0) is 11.2 Å². The third-order valence-electron chi connectivity index (χ3n) is 4.18. The minimum absolute atomic E-state index is 0.0252. The normalized spacial score (nSPS) is 10.9. The molecule has 0 aliphatic heterocycles. The number of benzene rings is 2. The lowest BCUT2D eigenvalue weighted by molar-refractivity contribution is -0.115. The maximum Gasteiger partial charge on any atom is 0.228 e. The van der Waals surface area contributed by atoms with Crippen molar-refractivity contribution in [2.75, 3.05) is 5.32 Å². The minimum atomic E-state index is -0.0252. The van der Waals surface area contributed by atoms with Gasteiger partial charge in [-0.1, -0.05) is 42.5 Å². The van der Waals surface area contributed by atoms with E-state index in [1.165, 1.54) is 0 Å². The second kappa shape index (κ2) is 6.53. The highest BCUT2D eigenvalue weighted by atomic mass is 32.1. The summed E-state index contributed by atoms with van der Waals surface area (Å²) >= 11 is 1.59. The van der Waals surface area contributed by atoms with Crippen molar-refractivity contribution in [1.29, 1.82) is 0 Å². The monoisotopic (exact) mass is 347 g/mol.